The number of aryl methyl sites for hydroxylation is 2. The standard InChI is InChI=1S/C41H42N10O4/c1-24-5-3-4-6-33(24)44-36-32-21-42-41(46-37(32)48(2)47-36)43-28-8-7-26-15-16-49(23-27(26)19-28)22-25-13-17-50(18-14-25)29-9-10-30-31(20-29)40(55)51(39(30)54)34-11-12-35(52)45-38(34)53/h3-10,19-21,25,34H,11-18,22-23H2,1-2H3,(H,44,47)(H,42,43,46)(H,45,52,53). The molecule has 4 aliphatic rings. The second-order valence-corrected chi connectivity index (χ2v) is 15.0. The highest BCUT2D eigenvalue weighted by Gasteiger charge is 2.45. The molecule has 0 aliphatic carbocycles. The molecule has 14 nitrogen and oxygen atoms in total. The minimum Gasteiger partial charge on any atom is -0.371 e. The number of benzene rings is 3. The second-order valence-electron chi connectivity index (χ2n) is 15.0. The summed E-state index contributed by atoms with van der Waals surface area (Å²) < 4.78 is 1.77. The largest absolute Gasteiger partial charge is 0.371 e. The van der Waals surface area contributed by atoms with Crippen LogP contribution in [0, 0.1) is 12.8 Å². The van der Waals surface area contributed by atoms with E-state index < -0.39 is 23.8 Å². The SMILES string of the molecule is Cc1ccccc1Nc1nn(C)c2nc(Nc3ccc4c(c3)CN(CC3CCN(c5ccc6c(c5)C(=O)N(C5CCC(=O)NC5=O)C6=O)CC3)CC4)ncc12. The van der Waals surface area contributed by atoms with Gasteiger partial charge in [-0.2, -0.15) is 10.1 Å². The molecule has 3 N–H and O–H groups in total. The van der Waals surface area contributed by atoms with Gasteiger partial charge in [-0.1, -0.05) is 24.3 Å². The van der Waals surface area contributed by atoms with Crippen LogP contribution < -0.4 is 20.9 Å². The lowest BCUT2D eigenvalue weighted by Gasteiger charge is -2.37. The minimum absolute atomic E-state index is 0.0984. The van der Waals surface area contributed by atoms with E-state index in [1.165, 1.54) is 11.1 Å². The van der Waals surface area contributed by atoms with Gasteiger partial charge in [0.05, 0.1) is 16.5 Å². The van der Waals surface area contributed by atoms with Crippen LogP contribution >= 0.6 is 0 Å². The van der Waals surface area contributed by atoms with Crippen molar-refractivity contribution in [1.29, 1.82) is 0 Å². The molecule has 280 valence electrons. The topological polar surface area (TPSA) is 158 Å². The molecule has 0 spiro atoms. The molecule has 5 aromatic rings. The van der Waals surface area contributed by atoms with Gasteiger partial charge in [0, 0.05) is 69.5 Å². The van der Waals surface area contributed by atoms with Crippen LogP contribution in [0.15, 0.2) is 66.9 Å². The van der Waals surface area contributed by atoms with Gasteiger partial charge in [0.25, 0.3) is 11.8 Å². The molecule has 6 heterocycles. The zero-order chi connectivity index (χ0) is 37.8. The highest BCUT2D eigenvalue weighted by molar-refractivity contribution is 6.23. The van der Waals surface area contributed by atoms with Gasteiger partial charge in [0.1, 0.15) is 6.04 Å². The van der Waals surface area contributed by atoms with Gasteiger partial charge in [-0.05, 0) is 91.6 Å². The van der Waals surface area contributed by atoms with Crippen molar-refractivity contribution in [3.8, 4) is 0 Å². The summed E-state index contributed by atoms with van der Waals surface area (Å²) in [6, 6.07) is 19.0. The molecular formula is C41H42N10O4. The summed E-state index contributed by atoms with van der Waals surface area (Å²) in [5.74, 6) is -0.159. The second kappa shape index (κ2) is 13.9. The zero-order valence-electron chi connectivity index (χ0n) is 30.8. The van der Waals surface area contributed by atoms with Crippen molar-refractivity contribution in [2.45, 2.75) is 51.6 Å². The number of carbonyl (C=O) groups excluding carboxylic acids is 4. The molecule has 1 unspecified atom stereocenters. The number of amides is 4. The van der Waals surface area contributed by atoms with Crippen LogP contribution in [0.3, 0.4) is 0 Å². The number of nitrogens with zero attached hydrogens (tertiary/aromatic N) is 7. The van der Waals surface area contributed by atoms with Gasteiger partial charge in [0.15, 0.2) is 11.5 Å². The molecule has 9 rings (SSSR count). The molecule has 1 atom stereocenters. The molecule has 4 aliphatic heterocycles. The van der Waals surface area contributed by atoms with Crippen LogP contribution in [0.4, 0.5) is 28.8 Å². The fourth-order valence-electron chi connectivity index (χ4n) is 8.40. The van der Waals surface area contributed by atoms with E-state index >= 15 is 0 Å². The smallest absolute Gasteiger partial charge is 0.262 e. The lowest BCUT2D eigenvalue weighted by atomic mass is 9.93. The molecule has 2 saturated heterocycles. The Hall–Kier alpha value is -6.15. The van der Waals surface area contributed by atoms with Crippen LogP contribution in [0.1, 0.15) is 63.1 Å². The van der Waals surface area contributed by atoms with E-state index in [9.17, 15) is 19.2 Å². The molecule has 14 heteroatoms. The number of fused-ring (bicyclic) bond motifs is 3. The van der Waals surface area contributed by atoms with Crippen LogP contribution in [0.25, 0.3) is 11.0 Å². The van der Waals surface area contributed by atoms with Gasteiger partial charge >= 0.3 is 0 Å². The van der Waals surface area contributed by atoms with Gasteiger partial charge in [-0.15, -0.1) is 0 Å². The summed E-state index contributed by atoms with van der Waals surface area (Å²) in [6.45, 7) is 6.68. The van der Waals surface area contributed by atoms with E-state index in [0.717, 1.165) is 96.4 Å². The number of aromatic nitrogens is 4. The number of piperidine rings is 2. The highest BCUT2D eigenvalue weighted by atomic mass is 16.2. The maximum atomic E-state index is 13.4. The van der Waals surface area contributed by atoms with Gasteiger partial charge in [-0.25, -0.2) is 9.67 Å². The third-order valence-electron chi connectivity index (χ3n) is 11.5. The fraction of sp³-hybridized carbons (Fsp3) is 0.341. The van der Waals surface area contributed by atoms with Gasteiger partial charge < -0.3 is 15.5 Å². The number of hydrogen-bond acceptors (Lipinski definition) is 11. The number of nitrogens with one attached hydrogen (secondary N) is 3. The lowest BCUT2D eigenvalue weighted by Crippen LogP contribution is -2.54. The molecule has 4 amide bonds. The number of imide groups is 2. The first kappa shape index (κ1) is 34.6. The Morgan fingerprint density at radius 3 is 2.49 bits per heavy atom. The summed E-state index contributed by atoms with van der Waals surface area (Å²) in [7, 11) is 1.89. The summed E-state index contributed by atoms with van der Waals surface area (Å²) >= 11 is 0. The summed E-state index contributed by atoms with van der Waals surface area (Å²) in [5.41, 5.74) is 8.02. The molecule has 0 bridgehead atoms. The van der Waals surface area contributed by atoms with E-state index in [1.807, 2.05) is 37.5 Å². The summed E-state index contributed by atoms with van der Waals surface area (Å²) in [5, 5.41) is 14.6. The Labute approximate surface area is 317 Å². The Balaban J connectivity index is 0.809. The average Bonchev–Trinajstić information content (AvgIpc) is 3.62. The average molecular weight is 739 g/mol. The van der Waals surface area contributed by atoms with E-state index in [2.05, 4.69) is 67.0 Å². The molecule has 0 saturated carbocycles. The predicted molar refractivity (Wildman–Crippen MR) is 208 cm³/mol. The van der Waals surface area contributed by atoms with Crippen molar-refractivity contribution in [2.75, 3.05) is 41.7 Å². The minimum atomic E-state index is -0.966. The quantitative estimate of drug-likeness (QED) is 0.187. The number of para-hydroxylation sites is 1. The van der Waals surface area contributed by atoms with Crippen LogP contribution in [0.5, 0.6) is 0 Å². The molecule has 0 radical (unpaired) electrons. The molecule has 2 fully saturated rings. The van der Waals surface area contributed by atoms with Gasteiger partial charge in [-0.3, -0.25) is 34.3 Å². The fourth-order valence-corrected chi connectivity index (χ4v) is 8.40. The Morgan fingerprint density at radius 1 is 0.855 bits per heavy atom. The highest BCUT2D eigenvalue weighted by Crippen LogP contribution is 2.33. The van der Waals surface area contributed by atoms with Crippen molar-refractivity contribution in [3.63, 3.8) is 0 Å². The van der Waals surface area contributed by atoms with E-state index in [4.69, 9.17) is 4.98 Å². The number of rotatable bonds is 8. The Morgan fingerprint density at radius 2 is 1.67 bits per heavy atom. The Bertz CT molecular complexity index is 2380. The van der Waals surface area contributed by atoms with E-state index in [-0.39, 0.29) is 18.7 Å². The van der Waals surface area contributed by atoms with Crippen LogP contribution in [-0.4, -0.2) is 85.4 Å². The Kier molecular flexibility index (Phi) is 8.76. The maximum absolute atomic E-state index is 13.4. The molecule has 55 heavy (non-hydrogen) atoms. The van der Waals surface area contributed by atoms with Crippen molar-refractivity contribution in [3.05, 3.63) is 94.7 Å². The number of anilines is 5. The third-order valence-corrected chi connectivity index (χ3v) is 11.5. The van der Waals surface area contributed by atoms with Crippen molar-refractivity contribution < 1.29 is 19.2 Å². The van der Waals surface area contributed by atoms with Gasteiger partial charge in [0.2, 0.25) is 17.8 Å². The first-order valence-electron chi connectivity index (χ1n) is 18.9. The first-order chi connectivity index (χ1) is 26.7. The first-order valence-corrected chi connectivity index (χ1v) is 18.9. The molecular weight excluding hydrogens is 697 g/mol. The third kappa shape index (κ3) is 6.56. The van der Waals surface area contributed by atoms with E-state index in [0.29, 0.717) is 23.0 Å². The normalized spacial score (nSPS) is 19.1. The summed E-state index contributed by atoms with van der Waals surface area (Å²) in [4.78, 5) is 65.9. The molecule has 2 aromatic heterocycles. The number of carbonyl (C=O) groups is 4. The van der Waals surface area contributed by atoms with Crippen molar-refractivity contribution >= 4 is 63.5 Å². The van der Waals surface area contributed by atoms with Crippen LogP contribution in [-0.2, 0) is 29.6 Å². The van der Waals surface area contributed by atoms with Crippen molar-refractivity contribution in [2.24, 2.45) is 13.0 Å². The maximum Gasteiger partial charge on any atom is 0.262 e. The predicted octanol–water partition coefficient (Wildman–Crippen LogP) is 4.83. The molecule has 3 aromatic carbocycles. The number of hydrogen-bond donors (Lipinski definition) is 3. The lowest BCUT2D eigenvalue weighted by molar-refractivity contribution is -0.136. The van der Waals surface area contributed by atoms with Crippen molar-refractivity contribution in [1.82, 2.24) is 34.9 Å². The zero-order valence-corrected chi connectivity index (χ0v) is 30.8. The van der Waals surface area contributed by atoms with E-state index in [1.54, 1.807) is 16.8 Å². The summed E-state index contributed by atoms with van der Waals surface area (Å²) in [6.07, 6.45) is 5.10. The van der Waals surface area contributed by atoms with Crippen LogP contribution in [0.2, 0.25) is 0 Å². The monoisotopic (exact) mass is 738 g/mol.